The fourth-order valence-electron chi connectivity index (χ4n) is 3.49. The summed E-state index contributed by atoms with van der Waals surface area (Å²) in [6, 6.07) is 5.79. The van der Waals surface area contributed by atoms with Crippen LogP contribution in [-0.2, 0) is 11.3 Å². The van der Waals surface area contributed by atoms with Crippen LogP contribution in [-0.4, -0.2) is 51.5 Å². The third-order valence-corrected chi connectivity index (χ3v) is 4.90. The number of imidazole rings is 1. The highest BCUT2D eigenvalue weighted by molar-refractivity contribution is 5.76. The van der Waals surface area contributed by atoms with Crippen LogP contribution >= 0.6 is 0 Å². The Bertz CT molecular complexity index is 747. The molecule has 0 spiro atoms. The zero-order chi connectivity index (χ0) is 17.2. The number of likely N-dealkylation sites (tertiary alicyclic amines) is 1. The number of amides is 1. The van der Waals surface area contributed by atoms with Crippen molar-refractivity contribution in [3.63, 3.8) is 0 Å². The second-order valence-electron chi connectivity index (χ2n) is 6.47. The van der Waals surface area contributed by atoms with Gasteiger partial charge in [-0.05, 0) is 24.1 Å². The van der Waals surface area contributed by atoms with Gasteiger partial charge < -0.3 is 24.0 Å². The van der Waals surface area contributed by atoms with Gasteiger partial charge in [0.05, 0.1) is 12.4 Å². The van der Waals surface area contributed by atoms with Gasteiger partial charge in [0.1, 0.15) is 0 Å². The van der Waals surface area contributed by atoms with Crippen molar-refractivity contribution in [1.29, 1.82) is 0 Å². The Morgan fingerprint density at radius 1 is 1.32 bits per heavy atom. The molecule has 1 saturated heterocycles. The Labute approximate surface area is 145 Å². The van der Waals surface area contributed by atoms with Crippen LogP contribution in [0.5, 0.6) is 11.5 Å². The molecule has 1 aromatic heterocycles. The number of aliphatic hydroxyl groups is 1. The summed E-state index contributed by atoms with van der Waals surface area (Å²) in [6.07, 6.45) is 5.81. The molecule has 1 amide bonds. The van der Waals surface area contributed by atoms with Gasteiger partial charge in [0.2, 0.25) is 12.7 Å². The monoisotopic (exact) mass is 343 g/mol. The van der Waals surface area contributed by atoms with E-state index in [-0.39, 0.29) is 18.6 Å². The molecule has 25 heavy (non-hydrogen) atoms. The number of aryl methyl sites for hydroxylation is 1. The average Bonchev–Trinajstić information content (AvgIpc) is 3.30. The number of hydrogen-bond donors (Lipinski definition) is 1. The van der Waals surface area contributed by atoms with E-state index in [9.17, 15) is 9.90 Å². The molecule has 0 bridgehead atoms. The number of benzene rings is 1. The third kappa shape index (κ3) is 3.32. The Kier molecular flexibility index (Phi) is 4.31. The van der Waals surface area contributed by atoms with E-state index in [2.05, 4.69) is 4.98 Å². The minimum absolute atomic E-state index is 0.00667. The quantitative estimate of drug-likeness (QED) is 0.908. The molecule has 4 rings (SSSR count). The SMILES string of the molecule is O=C(CCn1ccnc1)N1CC[C@@H](c2ccc3c(c2)OCO3)[C@H](O)C1. The van der Waals surface area contributed by atoms with Crippen molar-refractivity contribution in [1.82, 2.24) is 14.5 Å². The van der Waals surface area contributed by atoms with E-state index in [0.29, 0.717) is 26.1 Å². The van der Waals surface area contributed by atoms with E-state index in [1.165, 1.54) is 0 Å². The fraction of sp³-hybridized carbons (Fsp3) is 0.444. The number of aromatic nitrogens is 2. The number of carbonyl (C=O) groups excluding carboxylic acids is 1. The molecule has 1 aromatic carbocycles. The van der Waals surface area contributed by atoms with Crippen LogP contribution in [0.15, 0.2) is 36.9 Å². The number of nitrogens with zero attached hydrogens (tertiary/aromatic N) is 3. The van der Waals surface area contributed by atoms with Crippen molar-refractivity contribution in [3.8, 4) is 11.5 Å². The molecule has 0 radical (unpaired) electrons. The maximum atomic E-state index is 12.4. The predicted octanol–water partition coefficient (Wildman–Crippen LogP) is 1.38. The molecule has 0 saturated carbocycles. The minimum atomic E-state index is -0.577. The number of hydrogen-bond acceptors (Lipinski definition) is 5. The zero-order valence-corrected chi connectivity index (χ0v) is 13.9. The van der Waals surface area contributed by atoms with Gasteiger partial charge in [-0.25, -0.2) is 4.98 Å². The van der Waals surface area contributed by atoms with Crippen LogP contribution in [0.3, 0.4) is 0 Å². The van der Waals surface area contributed by atoms with Crippen molar-refractivity contribution in [2.45, 2.75) is 31.4 Å². The average molecular weight is 343 g/mol. The van der Waals surface area contributed by atoms with Gasteiger partial charge in [-0.3, -0.25) is 4.79 Å². The van der Waals surface area contributed by atoms with Crippen LogP contribution in [0.1, 0.15) is 24.3 Å². The van der Waals surface area contributed by atoms with Crippen LogP contribution < -0.4 is 9.47 Å². The summed E-state index contributed by atoms with van der Waals surface area (Å²) in [6.45, 7) is 1.86. The van der Waals surface area contributed by atoms with Gasteiger partial charge in [-0.15, -0.1) is 0 Å². The lowest BCUT2D eigenvalue weighted by Crippen LogP contribution is -2.45. The zero-order valence-electron chi connectivity index (χ0n) is 13.9. The lowest BCUT2D eigenvalue weighted by molar-refractivity contribution is -0.134. The van der Waals surface area contributed by atoms with Crippen LogP contribution in [0.25, 0.3) is 0 Å². The molecule has 3 heterocycles. The van der Waals surface area contributed by atoms with E-state index in [1.807, 2.05) is 29.0 Å². The summed E-state index contributed by atoms with van der Waals surface area (Å²) in [5.41, 5.74) is 1.03. The molecule has 2 aliphatic heterocycles. The number of rotatable bonds is 4. The first-order valence-electron chi connectivity index (χ1n) is 8.52. The second-order valence-corrected chi connectivity index (χ2v) is 6.47. The molecule has 132 valence electrons. The van der Waals surface area contributed by atoms with Crippen LogP contribution in [0.2, 0.25) is 0 Å². The topological polar surface area (TPSA) is 76.8 Å². The highest BCUT2D eigenvalue weighted by atomic mass is 16.7. The summed E-state index contributed by atoms with van der Waals surface area (Å²) in [5, 5.41) is 10.6. The maximum absolute atomic E-state index is 12.4. The minimum Gasteiger partial charge on any atom is -0.454 e. The first-order chi connectivity index (χ1) is 12.2. The van der Waals surface area contributed by atoms with Crippen molar-refractivity contribution in [2.75, 3.05) is 19.9 Å². The fourth-order valence-corrected chi connectivity index (χ4v) is 3.49. The first kappa shape index (κ1) is 16.0. The van der Waals surface area contributed by atoms with E-state index in [0.717, 1.165) is 23.5 Å². The van der Waals surface area contributed by atoms with E-state index >= 15 is 0 Å². The number of piperidine rings is 1. The molecule has 7 heteroatoms. The van der Waals surface area contributed by atoms with Gasteiger partial charge in [0, 0.05) is 44.4 Å². The molecule has 0 aliphatic carbocycles. The molecule has 0 unspecified atom stereocenters. The highest BCUT2D eigenvalue weighted by Gasteiger charge is 2.31. The maximum Gasteiger partial charge on any atom is 0.231 e. The number of ether oxygens (including phenoxy) is 2. The summed E-state index contributed by atoms with van der Waals surface area (Å²) in [4.78, 5) is 18.1. The molecule has 2 aromatic rings. The number of carbonyl (C=O) groups is 1. The molecule has 2 atom stereocenters. The smallest absolute Gasteiger partial charge is 0.231 e. The summed E-state index contributed by atoms with van der Waals surface area (Å²) < 4.78 is 12.6. The predicted molar refractivity (Wildman–Crippen MR) is 89.4 cm³/mol. The third-order valence-electron chi connectivity index (χ3n) is 4.90. The molecule has 2 aliphatic rings. The van der Waals surface area contributed by atoms with Crippen LogP contribution in [0, 0.1) is 0 Å². The lowest BCUT2D eigenvalue weighted by Gasteiger charge is -2.36. The van der Waals surface area contributed by atoms with E-state index < -0.39 is 6.10 Å². The Hall–Kier alpha value is -2.54. The molecular formula is C18H21N3O4. The molecule has 7 nitrogen and oxygen atoms in total. The standard InChI is InChI=1S/C18H21N3O4/c22-15-10-21(18(23)4-6-20-8-5-19-11-20)7-3-14(15)13-1-2-16-17(9-13)25-12-24-16/h1-2,5,8-9,11,14-15,22H,3-4,6-7,10,12H2/t14-,15+/m0/s1. The van der Waals surface area contributed by atoms with Crippen molar-refractivity contribution in [3.05, 3.63) is 42.5 Å². The van der Waals surface area contributed by atoms with Gasteiger partial charge in [-0.2, -0.15) is 0 Å². The Morgan fingerprint density at radius 2 is 2.20 bits per heavy atom. The summed E-state index contributed by atoms with van der Waals surface area (Å²) >= 11 is 0. The van der Waals surface area contributed by atoms with Crippen molar-refractivity contribution in [2.24, 2.45) is 0 Å². The summed E-state index contributed by atoms with van der Waals surface area (Å²) in [7, 11) is 0. The first-order valence-corrected chi connectivity index (χ1v) is 8.52. The number of β-amino-alcohol motifs (C(OH)–C–C–N with tert-alkyl or cyclic N) is 1. The van der Waals surface area contributed by atoms with E-state index in [1.54, 1.807) is 17.4 Å². The molecule has 1 N–H and O–H groups in total. The van der Waals surface area contributed by atoms with E-state index in [4.69, 9.17) is 9.47 Å². The normalized spacial score (nSPS) is 22.2. The summed E-state index contributed by atoms with van der Waals surface area (Å²) in [5.74, 6) is 1.54. The van der Waals surface area contributed by atoms with Gasteiger partial charge in [-0.1, -0.05) is 6.07 Å². The van der Waals surface area contributed by atoms with Gasteiger partial charge in [0.25, 0.3) is 0 Å². The van der Waals surface area contributed by atoms with Gasteiger partial charge in [0.15, 0.2) is 11.5 Å². The Balaban J connectivity index is 1.36. The highest BCUT2D eigenvalue weighted by Crippen LogP contribution is 2.37. The lowest BCUT2D eigenvalue weighted by atomic mass is 9.87. The largest absolute Gasteiger partial charge is 0.454 e. The van der Waals surface area contributed by atoms with Crippen molar-refractivity contribution < 1.29 is 19.4 Å². The van der Waals surface area contributed by atoms with Crippen molar-refractivity contribution >= 4 is 5.91 Å². The second kappa shape index (κ2) is 6.76. The molecule has 1 fully saturated rings. The van der Waals surface area contributed by atoms with Crippen LogP contribution in [0.4, 0.5) is 0 Å². The number of aliphatic hydroxyl groups excluding tert-OH is 1. The Morgan fingerprint density at radius 3 is 3.00 bits per heavy atom. The molecular weight excluding hydrogens is 322 g/mol. The van der Waals surface area contributed by atoms with Gasteiger partial charge >= 0.3 is 0 Å². The number of fused-ring (bicyclic) bond motifs is 1.